The zero-order valence-corrected chi connectivity index (χ0v) is 9.81. The van der Waals surface area contributed by atoms with E-state index in [9.17, 15) is 0 Å². The van der Waals surface area contributed by atoms with Crippen molar-refractivity contribution in [2.24, 2.45) is 0 Å². The molecule has 4 nitrogen and oxygen atoms in total. The molecule has 1 aromatic carbocycles. The number of anilines is 1. The maximum atomic E-state index is 5.65. The van der Waals surface area contributed by atoms with Gasteiger partial charge in [0.1, 0.15) is 5.82 Å². The molecule has 0 aliphatic rings. The van der Waals surface area contributed by atoms with Crippen molar-refractivity contribution in [3.8, 4) is 5.69 Å². The Morgan fingerprint density at radius 2 is 2.06 bits per heavy atom. The zero-order chi connectivity index (χ0) is 11.7. The summed E-state index contributed by atoms with van der Waals surface area (Å²) in [6.45, 7) is 6.21. The number of nitrogen functional groups attached to an aromatic ring is 1. The second-order valence-corrected chi connectivity index (χ2v) is 4.23. The van der Waals surface area contributed by atoms with Crippen LogP contribution in [-0.4, -0.2) is 14.8 Å². The average Bonchev–Trinajstić information content (AvgIpc) is 2.60. The second kappa shape index (κ2) is 3.96. The quantitative estimate of drug-likeness (QED) is 0.837. The molecule has 1 aromatic heterocycles. The van der Waals surface area contributed by atoms with Crippen molar-refractivity contribution in [1.29, 1.82) is 0 Å². The third kappa shape index (κ3) is 1.91. The van der Waals surface area contributed by atoms with Crippen molar-refractivity contribution in [1.82, 2.24) is 14.8 Å². The summed E-state index contributed by atoms with van der Waals surface area (Å²) in [6, 6.07) is 8.14. The summed E-state index contributed by atoms with van der Waals surface area (Å²) in [5.74, 6) is 1.51. The topological polar surface area (TPSA) is 56.7 Å². The highest BCUT2D eigenvalue weighted by atomic mass is 15.4. The van der Waals surface area contributed by atoms with Gasteiger partial charge in [-0.2, -0.15) is 4.98 Å². The summed E-state index contributed by atoms with van der Waals surface area (Å²) in [6.07, 6.45) is 0. The summed E-state index contributed by atoms with van der Waals surface area (Å²) in [5, 5.41) is 4.23. The van der Waals surface area contributed by atoms with Gasteiger partial charge in [-0.1, -0.05) is 26.0 Å². The van der Waals surface area contributed by atoms with Gasteiger partial charge in [0, 0.05) is 5.92 Å². The molecule has 2 rings (SSSR count). The van der Waals surface area contributed by atoms with E-state index >= 15 is 0 Å². The number of benzene rings is 1. The van der Waals surface area contributed by atoms with E-state index in [1.807, 2.05) is 16.8 Å². The van der Waals surface area contributed by atoms with Crippen molar-refractivity contribution in [3.63, 3.8) is 0 Å². The summed E-state index contributed by atoms with van der Waals surface area (Å²) in [5.41, 5.74) is 7.85. The van der Waals surface area contributed by atoms with Crippen LogP contribution >= 0.6 is 0 Å². The van der Waals surface area contributed by atoms with E-state index in [0.717, 1.165) is 11.5 Å². The normalized spacial score (nSPS) is 11.0. The highest BCUT2D eigenvalue weighted by Gasteiger charge is 2.12. The molecule has 0 unspecified atom stereocenters. The molecule has 0 saturated heterocycles. The molecule has 0 atom stereocenters. The molecular formula is C12H16N4. The van der Waals surface area contributed by atoms with Crippen LogP contribution in [0.4, 0.5) is 5.95 Å². The first kappa shape index (κ1) is 10.7. The smallest absolute Gasteiger partial charge is 0.240 e. The molecule has 0 fully saturated rings. The molecule has 0 spiro atoms. The van der Waals surface area contributed by atoms with Gasteiger partial charge >= 0.3 is 0 Å². The van der Waals surface area contributed by atoms with E-state index in [2.05, 4.69) is 43.0 Å². The number of aromatic nitrogens is 3. The van der Waals surface area contributed by atoms with Crippen LogP contribution in [0.2, 0.25) is 0 Å². The lowest BCUT2D eigenvalue weighted by atomic mass is 10.2. The first-order valence-corrected chi connectivity index (χ1v) is 5.37. The minimum Gasteiger partial charge on any atom is -0.366 e. The number of nitrogens with two attached hydrogens (primary N) is 1. The highest BCUT2D eigenvalue weighted by Crippen LogP contribution is 2.18. The Hall–Kier alpha value is -1.84. The lowest BCUT2D eigenvalue weighted by Gasteiger charge is -2.08. The van der Waals surface area contributed by atoms with Crippen LogP contribution in [0.1, 0.15) is 31.2 Å². The van der Waals surface area contributed by atoms with Gasteiger partial charge in [-0.3, -0.25) is 0 Å². The van der Waals surface area contributed by atoms with Gasteiger partial charge in [0.05, 0.1) is 5.69 Å². The van der Waals surface area contributed by atoms with Gasteiger partial charge in [-0.25, -0.2) is 4.68 Å². The zero-order valence-electron chi connectivity index (χ0n) is 9.81. The Bertz CT molecular complexity index is 499. The maximum absolute atomic E-state index is 5.65. The highest BCUT2D eigenvalue weighted by molar-refractivity contribution is 5.37. The Balaban J connectivity index is 2.55. The van der Waals surface area contributed by atoms with Crippen molar-refractivity contribution in [3.05, 3.63) is 35.7 Å². The fraction of sp³-hybridized carbons (Fsp3) is 0.333. The summed E-state index contributed by atoms with van der Waals surface area (Å²) >= 11 is 0. The predicted molar refractivity (Wildman–Crippen MR) is 64.6 cm³/mol. The number of rotatable bonds is 2. The minimum atomic E-state index is 0.297. The third-order valence-corrected chi connectivity index (χ3v) is 2.41. The van der Waals surface area contributed by atoms with Crippen molar-refractivity contribution in [2.45, 2.75) is 26.7 Å². The fourth-order valence-electron chi connectivity index (χ4n) is 1.66. The second-order valence-electron chi connectivity index (χ2n) is 4.23. The van der Waals surface area contributed by atoms with Crippen LogP contribution in [-0.2, 0) is 0 Å². The van der Waals surface area contributed by atoms with E-state index in [0.29, 0.717) is 11.9 Å². The molecule has 0 aliphatic heterocycles. The molecule has 16 heavy (non-hydrogen) atoms. The van der Waals surface area contributed by atoms with Gasteiger partial charge in [0.25, 0.3) is 0 Å². The minimum absolute atomic E-state index is 0.297. The van der Waals surface area contributed by atoms with E-state index in [1.165, 1.54) is 5.56 Å². The fourth-order valence-corrected chi connectivity index (χ4v) is 1.66. The van der Waals surface area contributed by atoms with Gasteiger partial charge in [-0.05, 0) is 24.6 Å². The Morgan fingerprint density at radius 3 is 2.69 bits per heavy atom. The molecule has 0 bridgehead atoms. The Morgan fingerprint density at radius 1 is 1.31 bits per heavy atom. The molecule has 1 heterocycles. The van der Waals surface area contributed by atoms with Crippen LogP contribution in [0.15, 0.2) is 24.3 Å². The van der Waals surface area contributed by atoms with Crippen LogP contribution in [0.3, 0.4) is 0 Å². The molecule has 84 valence electrons. The number of aryl methyl sites for hydroxylation is 1. The molecule has 0 radical (unpaired) electrons. The summed E-state index contributed by atoms with van der Waals surface area (Å²) < 4.78 is 1.81. The standard InChI is InChI=1S/C12H16N4/c1-8(2)11-14-12(13)15-16(11)10-6-4-5-9(3)7-10/h4-8H,1-3H3,(H2,13,15). The first-order valence-electron chi connectivity index (χ1n) is 5.37. The predicted octanol–water partition coefficient (Wildman–Crippen LogP) is 2.28. The van der Waals surface area contributed by atoms with Crippen molar-refractivity contribution < 1.29 is 0 Å². The van der Waals surface area contributed by atoms with Gasteiger partial charge in [-0.15, -0.1) is 5.10 Å². The van der Waals surface area contributed by atoms with Crippen molar-refractivity contribution >= 4 is 5.95 Å². The van der Waals surface area contributed by atoms with Gasteiger partial charge in [0.15, 0.2) is 0 Å². The average molecular weight is 216 g/mol. The number of hydrogen-bond donors (Lipinski definition) is 1. The molecule has 0 saturated carbocycles. The molecule has 0 amide bonds. The Labute approximate surface area is 95.1 Å². The Kier molecular flexibility index (Phi) is 2.64. The molecular weight excluding hydrogens is 200 g/mol. The van der Waals surface area contributed by atoms with Crippen LogP contribution in [0.25, 0.3) is 5.69 Å². The SMILES string of the molecule is Cc1cccc(-n2nc(N)nc2C(C)C)c1. The summed E-state index contributed by atoms with van der Waals surface area (Å²) in [4.78, 5) is 4.25. The van der Waals surface area contributed by atoms with Crippen molar-refractivity contribution in [2.75, 3.05) is 5.73 Å². The van der Waals surface area contributed by atoms with E-state index < -0.39 is 0 Å². The third-order valence-electron chi connectivity index (χ3n) is 2.41. The first-order chi connectivity index (χ1) is 7.58. The molecule has 2 N–H and O–H groups in total. The van der Waals surface area contributed by atoms with Crippen LogP contribution < -0.4 is 5.73 Å². The van der Waals surface area contributed by atoms with E-state index in [4.69, 9.17) is 5.73 Å². The molecule has 4 heteroatoms. The van der Waals surface area contributed by atoms with Crippen LogP contribution in [0.5, 0.6) is 0 Å². The van der Waals surface area contributed by atoms with E-state index in [1.54, 1.807) is 0 Å². The monoisotopic (exact) mass is 216 g/mol. The maximum Gasteiger partial charge on any atom is 0.240 e. The lowest BCUT2D eigenvalue weighted by molar-refractivity contribution is 0.714. The largest absolute Gasteiger partial charge is 0.366 e. The number of hydrogen-bond acceptors (Lipinski definition) is 3. The molecule has 2 aromatic rings. The lowest BCUT2D eigenvalue weighted by Crippen LogP contribution is -2.04. The van der Waals surface area contributed by atoms with E-state index in [-0.39, 0.29) is 0 Å². The van der Waals surface area contributed by atoms with Crippen LogP contribution in [0, 0.1) is 6.92 Å². The van der Waals surface area contributed by atoms with Gasteiger partial charge < -0.3 is 5.73 Å². The summed E-state index contributed by atoms with van der Waals surface area (Å²) in [7, 11) is 0. The number of nitrogens with zero attached hydrogens (tertiary/aromatic N) is 3. The molecule has 0 aliphatic carbocycles. The van der Waals surface area contributed by atoms with Gasteiger partial charge in [0.2, 0.25) is 5.95 Å².